The number of aromatic nitrogens is 2. The van der Waals surface area contributed by atoms with Crippen LogP contribution in [-0.2, 0) is 15.7 Å². The first-order chi connectivity index (χ1) is 21.4. The number of ether oxygens (including phenoxy) is 1. The fourth-order valence-electron chi connectivity index (χ4n) is 6.56. The van der Waals surface area contributed by atoms with Gasteiger partial charge in [0.25, 0.3) is 0 Å². The van der Waals surface area contributed by atoms with Gasteiger partial charge in [0.2, 0.25) is 5.91 Å². The molecule has 3 aromatic rings. The molecule has 0 bridgehead atoms. The molecule has 0 aliphatic carbocycles. The van der Waals surface area contributed by atoms with Crippen LogP contribution in [0.25, 0.3) is 22.0 Å². The molecule has 0 radical (unpaired) electrons. The summed E-state index contributed by atoms with van der Waals surface area (Å²) in [5.74, 6) is -2.01. The van der Waals surface area contributed by atoms with Crippen LogP contribution in [0.1, 0.15) is 25.5 Å². The standard InChI is InChI=1S/C31H32F5N5O3S/c1-4-25(42)39-13-18(3)40(14-17(39)2)29-22-12-23(31(34,35)36)26(21-6-5-19(32)11-24(21)33)28-27(22)41(30(43)37-29)20(16-45-28)15-38-7-9-44-10-8-38/h4-6,11-12,17-18,20H,1,7-10,13-16H2,2-3H3/t17-,18+,20?/m1/s1. The summed E-state index contributed by atoms with van der Waals surface area (Å²) in [7, 11) is 0. The molecule has 240 valence electrons. The second-order valence-corrected chi connectivity index (χ2v) is 12.7. The van der Waals surface area contributed by atoms with E-state index in [1.165, 1.54) is 10.6 Å². The number of amides is 1. The van der Waals surface area contributed by atoms with Crippen molar-refractivity contribution in [3.05, 3.63) is 64.6 Å². The van der Waals surface area contributed by atoms with E-state index in [4.69, 9.17) is 4.74 Å². The van der Waals surface area contributed by atoms with Crippen molar-refractivity contribution in [2.45, 2.75) is 43.0 Å². The molecule has 8 nitrogen and oxygen atoms in total. The van der Waals surface area contributed by atoms with Crippen LogP contribution >= 0.6 is 11.8 Å². The summed E-state index contributed by atoms with van der Waals surface area (Å²) in [5.41, 5.74) is -2.35. The van der Waals surface area contributed by atoms with Crippen LogP contribution < -0.4 is 10.6 Å². The first-order valence-corrected chi connectivity index (χ1v) is 15.7. The number of rotatable bonds is 5. The molecule has 0 N–H and O–H groups in total. The highest BCUT2D eigenvalue weighted by molar-refractivity contribution is 7.99. The van der Waals surface area contributed by atoms with E-state index in [1.807, 2.05) is 13.8 Å². The number of hydrogen-bond donors (Lipinski definition) is 0. The molecule has 2 fully saturated rings. The van der Waals surface area contributed by atoms with Gasteiger partial charge in [-0.2, -0.15) is 18.2 Å². The molecule has 45 heavy (non-hydrogen) atoms. The summed E-state index contributed by atoms with van der Waals surface area (Å²) in [6, 6.07) is 2.23. The van der Waals surface area contributed by atoms with E-state index < -0.39 is 52.3 Å². The number of hydrogen-bond acceptors (Lipinski definition) is 7. The Labute approximate surface area is 260 Å². The lowest BCUT2D eigenvalue weighted by Crippen LogP contribution is -2.58. The van der Waals surface area contributed by atoms with E-state index in [0.717, 1.165) is 30.0 Å². The van der Waals surface area contributed by atoms with Crippen LogP contribution in [-0.4, -0.2) is 89.0 Å². The number of morpholine rings is 1. The Bertz CT molecular complexity index is 1720. The number of halogens is 5. The lowest BCUT2D eigenvalue weighted by Gasteiger charge is -2.45. The van der Waals surface area contributed by atoms with Gasteiger partial charge in [-0.3, -0.25) is 14.3 Å². The average molecular weight is 650 g/mol. The lowest BCUT2D eigenvalue weighted by atomic mass is 9.95. The van der Waals surface area contributed by atoms with Crippen LogP contribution in [0.3, 0.4) is 0 Å². The molecule has 3 aliphatic heterocycles. The van der Waals surface area contributed by atoms with Crippen LogP contribution in [0.2, 0.25) is 0 Å². The molecule has 6 rings (SSSR count). The van der Waals surface area contributed by atoms with Gasteiger partial charge >= 0.3 is 11.9 Å². The van der Waals surface area contributed by atoms with E-state index in [1.54, 1.807) is 9.80 Å². The predicted octanol–water partition coefficient (Wildman–Crippen LogP) is 4.95. The van der Waals surface area contributed by atoms with Gasteiger partial charge in [-0.1, -0.05) is 6.58 Å². The van der Waals surface area contributed by atoms with Crippen molar-refractivity contribution in [3.63, 3.8) is 0 Å². The quantitative estimate of drug-likeness (QED) is 0.286. The summed E-state index contributed by atoms with van der Waals surface area (Å²) in [6.07, 6.45) is -3.71. The molecular weight excluding hydrogens is 617 g/mol. The summed E-state index contributed by atoms with van der Waals surface area (Å²) in [4.78, 5) is 36.4. The van der Waals surface area contributed by atoms with E-state index in [0.29, 0.717) is 38.9 Å². The Hall–Kier alpha value is -3.49. The van der Waals surface area contributed by atoms with Crippen LogP contribution in [0.15, 0.2) is 46.6 Å². The van der Waals surface area contributed by atoms with Gasteiger partial charge in [0.15, 0.2) is 0 Å². The number of carbonyl (C=O) groups excluding carboxylic acids is 1. The summed E-state index contributed by atoms with van der Waals surface area (Å²) in [5, 5.41) is 0.102. The van der Waals surface area contributed by atoms with Crippen LogP contribution in [0.4, 0.5) is 27.8 Å². The molecule has 3 atom stereocenters. The highest BCUT2D eigenvalue weighted by Gasteiger charge is 2.41. The number of benzene rings is 2. The van der Waals surface area contributed by atoms with Gasteiger partial charge in [0.1, 0.15) is 17.5 Å². The molecule has 0 saturated carbocycles. The maximum Gasteiger partial charge on any atom is 0.417 e. The Balaban J connectivity index is 1.62. The Morgan fingerprint density at radius 1 is 1.13 bits per heavy atom. The summed E-state index contributed by atoms with van der Waals surface area (Å²) in [6.45, 7) is 10.4. The van der Waals surface area contributed by atoms with Crippen molar-refractivity contribution < 1.29 is 31.5 Å². The van der Waals surface area contributed by atoms with E-state index >= 15 is 4.39 Å². The molecule has 3 aliphatic rings. The van der Waals surface area contributed by atoms with E-state index in [9.17, 15) is 27.2 Å². The molecule has 2 saturated heterocycles. The Morgan fingerprint density at radius 3 is 2.53 bits per heavy atom. The average Bonchev–Trinajstić information content (AvgIpc) is 3.00. The van der Waals surface area contributed by atoms with Crippen LogP contribution in [0.5, 0.6) is 0 Å². The van der Waals surface area contributed by atoms with Gasteiger partial charge in [-0.15, -0.1) is 11.8 Å². The zero-order valence-corrected chi connectivity index (χ0v) is 25.6. The SMILES string of the molecule is C=CC(=O)N1C[C@H](C)N(c2nc(=O)n3c4c(c(-c5ccc(F)cc5F)c(C(F)(F)F)cc24)SCC3CN2CCOCC2)C[C@H]1C. The second kappa shape index (κ2) is 12.0. The zero-order valence-electron chi connectivity index (χ0n) is 24.7. The van der Waals surface area contributed by atoms with Crippen molar-refractivity contribution >= 4 is 34.4 Å². The number of alkyl halides is 3. The molecule has 1 unspecified atom stereocenters. The first-order valence-electron chi connectivity index (χ1n) is 14.7. The highest BCUT2D eigenvalue weighted by atomic mass is 32.2. The smallest absolute Gasteiger partial charge is 0.379 e. The van der Waals surface area contributed by atoms with Gasteiger partial charge in [-0.25, -0.2) is 13.6 Å². The fourth-order valence-corrected chi connectivity index (χ4v) is 7.88. The largest absolute Gasteiger partial charge is 0.417 e. The topological polar surface area (TPSA) is 70.9 Å². The molecular formula is C31H32F5N5O3S. The van der Waals surface area contributed by atoms with Crippen molar-refractivity contribution in [2.24, 2.45) is 0 Å². The third-order valence-electron chi connectivity index (χ3n) is 8.72. The second-order valence-electron chi connectivity index (χ2n) is 11.7. The van der Waals surface area contributed by atoms with Crippen molar-refractivity contribution in [1.29, 1.82) is 0 Å². The fraction of sp³-hybridized carbons (Fsp3) is 0.452. The number of nitrogens with zero attached hydrogens (tertiary/aromatic N) is 5. The Kier molecular flexibility index (Phi) is 8.42. The van der Waals surface area contributed by atoms with Crippen molar-refractivity contribution in [1.82, 2.24) is 19.4 Å². The van der Waals surface area contributed by atoms with E-state index in [-0.39, 0.29) is 52.4 Å². The predicted molar refractivity (Wildman–Crippen MR) is 162 cm³/mol. The number of anilines is 1. The minimum atomic E-state index is -4.92. The molecule has 4 heterocycles. The Morgan fingerprint density at radius 2 is 1.87 bits per heavy atom. The van der Waals surface area contributed by atoms with Crippen molar-refractivity contribution in [3.8, 4) is 11.1 Å². The zero-order chi connectivity index (χ0) is 32.2. The van der Waals surface area contributed by atoms with Crippen LogP contribution in [0, 0.1) is 11.6 Å². The molecule has 0 spiro atoms. The summed E-state index contributed by atoms with van der Waals surface area (Å²) < 4.78 is 80.7. The number of carbonyl (C=O) groups is 1. The van der Waals surface area contributed by atoms with Gasteiger partial charge in [0, 0.05) is 78.0 Å². The minimum absolute atomic E-state index is 0.0711. The van der Waals surface area contributed by atoms with Gasteiger partial charge < -0.3 is 14.5 Å². The highest BCUT2D eigenvalue weighted by Crippen LogP contribution is 2.50. The maximum absolute atomic E-state index is 15.2. The monoisotopic (exact) mass is 649 g/mol. The molecule has 1 aromatic heterocycles. The minimum Gasteiger partial charge on any atom is -0.379 e. The maximum atomic E-state index is 15.2. The molecule has 14 heteroatoms. The normalized spacial score (nSPS) is 22.6. The molecule has 1 amide bonds. The third-order valence-corrected chi connectivity index (χ3v) is 9.96. The number of piperazine rings is 1. The van der Waals surface area contributed by atoms with Crippen molar-refractivity contribution in [2.75, 3.05) is 56.6 Å². The van der Waals surface area contributed by atoms with Gasteiger partial charge in [-0.05, 0) is 38.1 Å². The first kappa shape index (κ1) is 31.5. The lowest BCUT2D eigenvalue weighted by molar-refractivity contribution is -0.137. The number of thioether (sulfide) groups is 1. The third kappa shape index (κ3) is 5.72. The van der Waals surface area contributed by atoms with Gasteiger partial charge in [0.05, 0.1) is 30.3 Å². The van der Waals surface area contributed by atoms with E-state index in [2.05, 4.69) is 16.5 Å². The molecule has 2 aromatic carbocycles. The summed E-state index contributed by atoms with van der Waals surface area (Å²) >= 11 is 1.13.